The first kappa shape index (κ1) is 20.9. The van der Waals surface area contributed by atoms with Crippen molar-refractivity contribution in [2.24, 2.45) is 0 Å². The lowest BCUT2D eigenvalue weighted by molar-refractivity contribution is -0.149. The van der Waals surface area contributed by atoms with Crippen molar-refractivity contribution in [3.05, 3.63) is 71.8 Å². The number of rotatable bonds is 7. The van der Waals surface area contributed by atoms with Gasteiger partial charge in [0, 0.05) is 0 Å². The van der Waals surface area contributed by atoms with Gasteiger partial charge >= 0.3 is 6.09 Å². The Balaban J connectivity index is 1.60. The molecule has 2 aromatic carbocycles. The second kappa shape index (κ2) is 9.09. The Bertz CT molecular complexity index is 818. The molecular weight excluding hydrogens is 368 g/mol. The van der Waals surface area contributed by atoms with E-state index < -0.39 is 17.7 Å². The molecule has 0 radical (unpaired) electrons. The first-order valence-corrected chi connectivity index (χ1v) is 9.80. The first-order valence-electron chi connectivity index (χ1n) is 9.80. The smallest absolute Gasteiger partial charge is 0.408 e. The molecular formula is C23H28N2O4. The number of ether oxygens (including phenoxy) is 2. The van der Waals surface area contributed by atoms with E-state index in [1.54, 1.807) is 25.7 Å². The molecule has 0 spiro atoms. The lowest BCUT2D eigenvalue weighted by atomic mass is 9.99. The molecule has 3 rings (SSSR count). The van der Waals surface area contributed by atoms with E-state index in [2.05, 4.69) is 5.32 Å². The summed E-state index contributed by atoms with van der Waals surface area (Å²) >= 11 is 0. The van der Waals surface area contributed by atoms with Crippen LogP contribution in [-0.2, 0) is 20.9 Å². The van der Waals surface area contributed by atoms with E-state index in [-0.39, 0.29) is 11.9 Å². The number of hydrogen-bond acceptors (Lipinski definition) is 4. The predicted octanol–water partition coefficient (Wildman–Crippen LogP) is 3.68. The summed E-state index contributed by atoms with van der Waals surface area (Å²) < 4.78 is 11.2. The SMILES string of the molecule is CC(C)(C)OC(=O)NC1CN(C(COCc2ccccc2)c2ccccc2)C1=O. The summed E-state index contributed by atoms with van der Waals surface area (Å²) in [7, 11) is 0. The van der Waals surface area contributed by atoms with Crippen molar-refractivity contribution in [3.63, 3.8) is 0 Å². The molecule has 2 aromatic rings. The summed E-state index contributed by atoms with van der Waals surface area (Å²) in [6.45, 7) is 6.65. The number of β-lactam (4-membered cyclic amide) rings is 1. The van der Waals surface area contributed by atoms with E-state index in [9.17, 15) is 9.59 Å². The fourth-order valence-corrected chi connectivity index (χ4v) is 3.19. The quantitative estimate of drug-likeness (QED) is 0.725. The zero-order chi connectivity index (χ0) is 20.9. The third-order valence-electron chi connectivity index (χ3n) is 4.60. The molecule has 29 heavy (non-hydrogen) atoms. The van der Waals surface area contributed by atoms with Crippen LogP contribution in [0.1, 0.15) is 37.9 Å². The summed E-state index contributed by atoms with van der Waals surface area (Å²) in [4.78, 5) is 26.4. The fraction of sp³-hybridized carbons (Fsp3) is 0.391. The lowest BCUT2D eigenvalue weighted by Gasteiger charge is -2.43. The van der Waals surface area contributed by atoms with Gasteiger partial charge in [-0.3, -0.25) is 4.79 Å². The normalized spacial score (nSPS) is 17.4. The maximum Gasteiger partial charge on any atom is 0.408 e. The molecule has 2 atom stereocenters. The molecule has 2 amide bonds. The van der Waals surface area contributed by atoms with Crippen molar-refractivity contribution in [2.45, 2.75) is 45.1 Å². The molecule has 0 aromatic heterocycles. The van der Waals surface area contributed by atoms with Gasteiger partial charge in [0.2, 0.25) is 5.91 Å². The molecule has 1 fully saturated rings. The number of carbonyl (C=O) groups excluding carboxylic acids is 2. The molecule has 0 bridgehead atoms. The second-order valence-corrected chi connectivity index (χ2v) is 8.12. The third-order valence-corrected chi connectivity index (χ3v) is 4.60. The van der Waals surface area contributed by atoms with E-state index in [1.165, 1.54) is 0 Å². The van der Waals surface area contributed by atoms with Crippen LogP contribution in [0.15, 0.2) is 60.7 Å². The van der Waals surface area contributed by atoms with Crippen molar-refractivity contribution >= 4 is 12.0 Å². The Morgan fingerprint density at radius 2 is 1.72 bits per heavy atom. The number of amides is 2. The summed E-state index contributed by atoms with van der Waals surface area (Å²) in [6, 6.07) is 19.0. The van der Waals surface area contributed by atoms with Crippen molar-refractivity contribution in [1.82, 2.24) is 10.2 Å². The third kappa shape index (κ3) is 5.81. The topological polar surface area (TPSA) is 67.9 Å². The fourth-order valence-electron chi connectivity index (χ4n) is 3.19. The molecule has 1 heterocycles. The first-order chi connectivity index (χ1) is 13.8. The van der Waals surface area contributed by atoms with Crippen LogP contribution in [0.25, 0.3) is 0 Å². The highest BCUT2D eigenvalue weighted by Crippen LogP contribution is 2.28. The van der Waals surface area contributed by atoms with Crippen molar-refractivity contribution in [1.29, 1.82) is 0 Å². The minimum absolute atomic E-state index is 0.131. The number of nitrogens with zero attached hydrogens (tertiary/aromatic N) is 1. The lowest BCUT2D eigenvalue weighted by Crippen LogP contribution is -2.65. The highest BCUT2D eigenvalue weighted by atomic mass is 16.6. The van der Waals surface area contributed by atoms with Gasteiger partial charge < -0.3 is 19.7 Å². The van der Waals surface area contributed by atoms with Gasteiger partial charge in [0.25, 0.3) is 0 Å². The predicted molar refractivity (Wildman–Crippen MR) is 110 cm³/mol. The largest absolute Gasteiger partial charge is 0.444 e. The maximum absolute atomic E-state index is 12.7. The summed E-state index contributed by atoms with van der Waals surface area (Å²) in [6.07, 6.45) is -0.577. The molecule has 6 heteroatoms. The van der Waals surface area contributed by atoms with Crippen LogP contribution in [0.3, 0.4) is 0 Å². The number of likely N-dealkylation sites (tertiary alicyclic amines) is 1. The number of alkyl carbamates (subject to hydrolysis) is 1. The molecule has 2 unspecified atom stereocenters. The van der Waals surface area contributed by atoms with Crippen LogP contribution in [-0.4, -0.2) is 41.7 Å². The van der Waals surface area contributed by atoms with Gasteiger partial charge in [-0.25, -0.2) is 4.79 Å². The van der Waals surface area contributed by atoms with E-state index in [4.69, 9.17) is 9.47 Å². The van der Waals surface area contributed by atoms with Gasteiger partial charge in [-0.2, -0.15) is 0 Å². The number of nitrogens with one attached hydrogen (secondary N) is 1. The van der Waals surface area contributed by atoms with E-state index in [0.717, 1.165) is 11.1 Å². The van der Waals surface area contributed by atoms with Gasteiger partial charge in [0.1, 0.15) is 11.6 Å². The van der Waals surface area contributed by atoms with E-state index in [0.29, 0.717) is 19.8 Å². The molecule has 0 saturated carbocycles. The molecule has 0 aliphatic carbocycles. The van der Waals surface area contributed by atoms with Crippen LogP contribution in [0.4, 0.5) is 4.79 Å². The Morgan fingerprint density at radius 1 is 1.10 bits per heavy atom. The minimum Gasteiger partial charge on any atom is -0.444 e. The van der Waals surface area contributed by atoms with Crippen molar-refractivity contribution in [3.8, 4) is 0 Å². The zero-order valence-corrected chi connectivity index (χ0v) is 17.1. The Labute approximate surface area is 171 Å². The molecule has 1 aliphatic rings. The molecule has 1 aliphatic heterocycles. The Kier molecular flexibility index (Phi) is 6.54. The Morgan fingerprint density at radius 3 is 2.31 bits per heavy atom. The summed E-state index contributed by atoms with van der Waals surface area (Å²) in [5.74, 6) is -0.131. The van der Waals surface area contributed by atoms with Gasteiger partial charge in [-0.05, 0) is 31.9 Å². The van der Waals surface area contributed by atoms with Gasteiger partial charge in [-0.15, -0.1) is 0 Å². The second-order valence-electron chi connectivity index (χ2n) is 8.12. The van der Waals surface area contributed by atoms with Crippen molar-refractivity contribution < 1.29 is 19.1 Å². The van der Waals surface area contributed by atoms with Gasteiger partial charge in [-0.1, -0.05) is 60.7 Å². The van der Waals surface area contributed by atoms with Crippen LogP contribution >= 0.6 is 0 Å². The Hall–Kier alpha value is -2.86. The molecule has 1 saturated heterocycles. The summed E-state index contributed by atoms with van der Waals surface area (Å²) in [5, 5.41) is 2.65. The number of benzene rings is 2. The number of hydrogen-bond donors (Lipinski definition) is 1. The van der Waals surface area contributed by atoms with Crippen molar-refractivity contribution in [2.75, 3.05) is 13.2 Å². The average molecular weight is 396 g/mol. The van der Waals surface area contributed by atoms with Crippen LogP contribution in [0.2, 0.25) is 0 Å². The zero-order valence-electron chi connectivity index (χ0n) is 17.1. The van der Waals surface area contributed by atoms with Gasteiger partial charge in [0.15, 0.2) is 0 Å². The van der Waals surface area contributed by atoms with Crippen LogP contribution in [0, 0.1) is 0 Å². The minimum atomic E-state index is -0.603. The highest BCUT2D eigenvalue weighted by molar-refractivity contribution is 5.91. The highest BCUT2D eigenvalue weighted by Gasteiger charge is 2.42. The summed E-state index contributed by atoms with van der Waals surface area (Å²) in [5.41, 5.74) is 1.48. The van der Waals surface area contributed by atoms with Gasteiger partial charge in [0.05, 0.1) is 25.8 Å². The molecule has 154 valence electrons. The van der Waals surface area contributed by atoms with E-state index >= 15 is 0 Å². The standard InChI is InChI=1S/C23H28N2O4/c1-23(2,3)29-22(27)24-19-14-25(21(19)26)20(18-12-8-5-9-13-18)16-28-15-17-10-6-4-7-11-17/h4-13,19-20H,14-16H2,1-3H3,(H,24,27). The number of carbonyl (C=O) groups is 2. The van der Waals surface area contributed by atoms with E-state index in [1.807, 2.05) is 60.7 Å². The monoisotopic (exact) mass is 396 g/mol. The average Bonchev–Trinajstić information content (AvgIpc) is 2.69. The van der Waals surface area contributed by atoms with Crippen LogP contribution < -0.4 is 5.32 Å². The molecule has 6 nitrogen and oxygen atoms in total. The molecule has 1 N–H and O–H groups in total. The maximum atomic E-state index is 12.7. The van der Waals surface area contributed by atoms with Crippen LogP contribution in [0.5, 0.6) is 0 Å².